The monoisotopic (exact) mass is 313 g/mol. The molecule has 0 saturated heterocycles. The molecule has 0 fully saturated rings. The Bertz CT molecular complexity index is 620. The van der Waals surface area contributed by atoms with Crippen LogP contribution in [0.25, 0.3) is 0 Å². The zero-order valence-corrected chi connectivity index (χ0v) is 13.8. The molecule has 4 heteroatoms. The van der Waals surface area contributed by atoms with E-state index in [9.17, 15) is 4.79 Å². The van der Waals surface area contributed by atoms with Gasteiger partial charge in [0, 0.05) is 12.1 Å². The minimum Gasteiger partial charge on any atom is -0.497 e. The van der Waals surface area contributed by atoms with Gasteiger partial charge in [0.1, 0.15) is 11.5 Å². The van der Waals surface area contributed by atoms with Gasteiger partial charge < -0.3 is 14.8 Å². The van der Waals surface area contributed by atoms with Gasteiger partial charge in [0.25, 0.3) is 0 Å². The van der Waals surface area contributed by atoms with Crippen molar-refractivity contribution >= 4 is 11.6 Å². The van der Waals surface area contributed by atoms with E-state index in [0.717, 1.165) is 23.6 Å². The maximum absolute atomic E-state index is 12.1. The summed E-state index contributed by atoms with van der Waals surface area (Å²) in [6.45, 7) is 2.08. The highest BCUT2D eigenvalue weighted by Gasteiger charge is 2.10. The predicted molar refractivity (Wildman–Crippen MR) is 92.1 cm³/mol. The first-order valence-electron chi connectivity index (χ1n) is 7.67. The van der Waals surface area contributed by atoms with Crippen LogP contribution in [-0.4, -0.2) is 20.1 Å². The van der Waals surface area contributed by atoms with E-state index in [0.29, 0.717) is 6.42 Å². The predicted octanol–water partition coefficient (Wildman–Crippen LogP) is 3.91. The van der Waals surface area contributed by atoms with Gasteiger partial charge in [0.15, 0.2) is 0 Å². The fourth-order valence-corrected chi connectivity index (χ4v) is 2.44. The molecule has 0 aliphatic heterocycles. The Hall–Kier alpha value is -2.49. The number of rotatable bonds is 7. The summed E-state index contributed by atoms with van der Waals surface area (Å²) in [5, 5.41) is 2.91. The highest BCUT2D eigenvalue weighted by Crippen LogP contribution is 2.18. The molecule has 0 aliphatic carbocycles. The Morgan fingerprint density at radius 2 is 1.48 bits per heavy atom. The topological polar surface area (TPSA) is 47.6 Å². The average molecular weight is 313 g/mol. The van der Waals surface area contributed by atoms with Gasteiger partial charge in [-0.05, 0) is 54.3 Å². The maximum Gasteiger partial charge on any atom is 0.224 e. The second-order valence-electron chi connectivity index (χ2n) is 5.64. The van der Waals surface area contributed by atoms with Crippen LogP contribution in [0.5, 0.6) is 11.5 Å². The highest BCUT2D eigenvalue weighted by atomic mass is 16.5. The molecule has 2 aromatic rings. The van der Waals surface area contributed by atoms with E-state index in [2.05, 4.69) is 12.2 Å². The lowest BCUT2D eigenvalue weighted by Gasteiger charge is -2.12. The molecule has 0 aliphatic rings. The summed E-state index contributed by atoms with van der Waals surface area (Å²) in [5.41, 5.74) is 1.99. The summed E-state index contributed by atoms with van der Waals surface area (Å²) in [6.07, 6.45) is 1.35. The maximum atomic E-state index is 12.1. The smallest absolute Gasteiger partial charge is 0.224 e. The fourth-order valence-electron chi connectivity index (χ4n) is 2.44. The first kappa shape index (κ1) is 16.9. The van der Waals surface area contributed by atoms with Crippen LogP contribution in [0, 0.1) is 5.92 Å². The average Bonchev–Trinajstić information content (AvgIpc) is 2.56. The van der Waals surface area contributed by atoms with Crippen molar-refractivity contribution in [1.82, 2.24) is 0 Å². The van der Waals surface area contributed by atoms with Crippen molar-refractivity contribution in [3.8, 4) is 11.5 Å². The number of hydrogen-bond acceptors (Lipinski definition) is 3. The van der Waals surface area contributed by atoms with Crippen LogP contribution in [-0.2, 0) is 11.2 Å². The Morgan fingerprint density at radius 3 is 2.00 bits per heavy atom. The standard InChI is InChI=1S/C19H23NO3/c1-14(12-15-4-8-17(22-2)9-5-15)13-19(21)20-16-6-10-18(23-3)11-7-16/h4-11,14H,12-13H2,1-3H3,(H,20,21)/t14-/m0/s1. The third kappa shape index (κ3) is 5.33. The molecule has 2 rings (SSSR count). The minimum atomic E-state index is 0.0242. The Labute approximate surface area is 137 Å². The summed E-state index contributed by atoms with van der Waals surface area (Å²) < 4.78 is 10.2. The molecule has 0 spiro atoms. The molecule has 0 saturated carbocycles. The van der Waals surface area contributed by atoms with Crippen LogP contribution in [0.3, 0.4) is 0 Å². The molecule has 0 unspecified atom stereocenters. The van der Waals surface area contributed by atoms with Gasteiger partial charge in [-0.2, -0.15) is 0 Å². The van der Waals surface area contributed by atoms with Crippen molar-refractivity contribution in [2.24, 2.45) is 5.92 Å². The first-order valence-corrected chi connectivity index (χ1v) is 7.67. The summed E-state index contributed by atoms with van der Waals surface area (Å²) in [6, 6.07) is 15.3. The molecule has 1 N–H and O–H groups in total. The van der Waals surface area contributed by atoms with Crippen molar-refractivity contribution < 1.29 is 14.3 Å². The SMILES string of the molecule is COc1ccc(C[C@H](C)CC(=O)Nc2ccc(OC)cc2)cc1. The van der Waals surface area contributed by atoms with Crippen molar-refractivity contribution in [2.75, 3.05) is 19.5 Å². The van der Waals surface area contributed by atoms with Gasteiger partial charge in [-0.1, -0.05) is 19.1 Å². The van der Waals surface area contributed by atoms with E-state index in [-0.39, 0.29) is 11.8 Å². The van der Waals surface area contributed by atoms with Crippen molar-refractivity contribution in [1.29, 1.82) is 0 Å². The summed E-state index contributed by atoms with van der Waals surface area (Å²) in [5.74, 6) is 1.91. The second kappa shape index (κ2) is 8.22. The van der Waals surface area contributed by atoms with Gasteiger partial charge in [0.05, 0.1) is 14.2 Å². The van der Waals surface area contributed by atoms with E-state index in [4.69, 9.17) is 9.47 Å². The lowest BCUT2D eigenvalue weighted by atomic mass is 9.97. The van der Waals surface area contributed by atoms with Gasteiger partial charge in [0.2, 0.25) is 5.91 Å². The number of hydrogen-bond donors (Lipinski definition) is 1. The molecule has 0 heterocycles. The van der Waals surface area contributed by atoms with Crippen LogP contribution >= 0.6 is 0 Å². The molecule has 4 nitrogen and oxygen atoms in total. The lowest BCUT2D eigenvalue weighted by molar-refractivity contribution is -0.116. The zero-order chi connectivity index (χ0) is 16.7. The molecular formula is C19H23NO3. The largest absolute Gasteiger partial charge is 0.497 e. The highest BCUT2D eigenvalue weighted by molar-refractivity contribution is 5.90. The van der Waals surface area contributed by atoms with Crippen LogP contribution in [0.4, 0.5) is 5.69 Å². The van der Waals surface area contributed by atoms with E-state index in [1.165, 1.54) is 5.56 Å². The number of ether oxygens (including phenoxy) is 2. The Balaban J connectivity index is 1.83. The van der Waals surface area contributed by atoms with Crippen LogP contribution < -0.4 is 14.8 Å². The summed E-state index contributed by atoms with van der Waals surface area (Å²) in [7, 11) is 3.27. The van der Waals surface area contributed by atoms with E-state index < -0.39 is 0 Å². The number of carbonyl (C=O) groups excluding carboxylic acids is 1. The molecule has 0 radical (unpaired) electrons. The number of anilines is 1. The molecular weight excluding hydrogens is 290 g/mol. The van der Waals surface area contributed by atoms with Crippen molar-refractivity contribution in [3.63, 3.8) is 0 Å². The van der Waals surface area contributed by atoms with Gasteiger partial charge in [-0.25, -0.2) is 0 Å². The molecule has 23 heavy (non-hydrogen) atoms. The molecule has 122 valence electrons. The molecule has 1 amide bonds. The normalized spacial score (nSPS) is 11.6. The number of benzene rings is 2. The fraction of sp³-hybridized carbons (Fsp3) is 0.316. The second-order valence-corrected chi connectivity index (χ2v) is 5.64. The Kier molecular flexibility index (Phi) is 6.03. The van der Waals surface area contributed by atoms with E-state index in [1.54, 1.807) is 14.2 Å². The van der Waals surface area contributed by atoms with Crippen molar-refractivity contribution in [3.05, 3.63) is 54.1 Å². The number of nitrogens with one attached hydrogen (secondary N) is 1. The van der Waals surface area contributed by atoms with Crippen LogP contribution in [0.2, 0.25) is 0 Å². The van der Waals surface area contributed by atoms with Crippen LogP contribution in [0.1, 0.15) is 18.9 Å². The molecule has 0 bridgehead atoms. The lowest BCUT2D eigenvalue weighted by Crippen LogP contribution is -2.16. The molecule has 2 aromatic carbocycles. The quantitative estimate of drug-likeness (QED) is 0.843. The van der Waals surface area contributed by atoms with Crippen molar-refractivity contribution in [2.45, 2.75) is 19.8 Å². The third-order valence-corrected chi connectivity index (χ3v) is 3.65. The zero-order valence-electron chi connectivity index (χ0n) is 13.8. The molecule has 0 aromatic heterocycles. The summed E-state index contributed by atoms with van der Waals surface area (Å²) in [4.78, 5) is 12.1. The minimum absolute atomic E-state index is 0.0242. The molecule has 1 atom stereocenters. The first-order chi connectivity index (χ1) is 11.1. The van der Waals surface area contributed by atoms with Gasteiger partial charge in [-0.3, -0.25) is 4.79 Å². The summed E-state index contributed by atoms with van der Waals surface area (Å²) >= 11 is 0. The van der Waals surface area contributed by atoms with Crippen LogP contribution in [0.15, 0.2) is 48.5 Å². The number of amides is 1. The number of carbonyl (C=O) groups is 1. The van der Waals surface area contributed by atoms with E-state index in [1.807, 2.05) is 48.5 Å². The third-order valence-electron chi connectivity index (χ3n) is 3.65. The van der Waals surface area contributed by atoms with Gasteiger partial charge in [-0.15, -0.1) is 0 Å². The number of methoxy groups -OCH3 is 2. The van der Waals surface area contributed by atoms with E-state index >= 15 is 0 Å². The van der Waals surface area contributed by atoms with Gasteiger partial charge >= 0.3 is 0 Å². The Morgan fingerprint density at radius 1 is 0.957 bits per heavy atom.